The Balaban J connectivity index is -0.000000293. The van der Waals surface area contributed by atoms with Crippen molar-refractivity contribution in [2.24, 2.45) is 0 Å². The normalized spacial score (nSPS) is 11.4. The van der Waals surface area contributed by atoms with Gasteiger partial charge < -0.3 is 20.4 Å². The maximum Gasteiger partial charge on any atom is 0.331 e. The van der Waals surface area contributed by atoms with E-state index in [0.717, 1.165) is 24.0 Å². The van der Waals surface area contributed by atoms with Crippen LogP contribution in [0.2, 0.25) is 0 Å². The van der Waals surface area contributed by atoms with E-state index in [9.17, 15) is 19.2 Å². The topological polar surface area (TPSA) is 149 Å². The quantitative estimate of drug-likeness (QED) is 0.417. The Labute approximate surface area is 147 Å². The summed E-state index contributed by atoms with van der Waals surface area (Å²) in [6.07, 6.45) is 0.830. The first kappa shape index (κ1) is 27.2. The van der Waals surface area contributed by atoms with Crippen LogP contribution in [0.5, 0.6) is 0 Å². The molecular weight excluding hydrogens is 332 g/mol. The lowest BCUT2D eigenvalue weighted by molar-refractivity contribution is -0.147. The molecule has 0 heterocycles. The maximum absolute atomic E-state index is 10.2. The van der Waals surface area contributed by atoms with Crippen molar-refractivity contribution in [3.8, 4) is 0 Å². The molecule has 0 fully saturated rings. The van der Waals surface area contributed by atoms with Crippen molar-refractivity contribution in [3.05, 3.63) is 22.3 Å². The van der Waals surface area contributed by atoms with Gasteiger partial charge in [-0.3, -0.25) is 9.59 Å². The predicted molar refractivity (Wildman–Crippen MR) is 92.5 cm³/mol. The molecule has 4 N–H and O–H groups in total. The summed E-state index contributed by atoms with van der Waals surface area (Å²) in [5, 5.41) is 32.3. The Hall–Kier alpha value is -2.64. The Morgan fingerprint density at radius 1 is 0.600 bits per heavy atom. The minimum atomic E-state index is -1.31. The second-order valence-electron chi connectivity index (χ2n) is 5.09. The van der Waals surface area contributed by atoms with Gasteiger partial charge >= 0.3 is 23.9 Å². The fourth-order valence-corrected chi connectivity index (χ4v) is 1.02. The molecule has 0 radical (unpaired) electrons. The van der Waals surface area contributed by atoms with Crippen LogP contribution in [-0.4, -0.2) is 44.3 Å². The third-order valence-electron chi connectivity index (χ3n) is 3.29. The number of carboxylic acid groups (broad SMARTS) is 4. The summed E-state index contributed by atoms with van der Waals surface area (Å²) >= 11 is 0. The number of hydrogen-bond donors (Lipinski definition) is 4. The largest absolute Gasteiger partial charge is 0.481 e. The van der Waals surface area contributed by atoms with Crippen LogP contribution in [0.1, 0.15) is 60.8 Å². The molecule has 144 valence electrons. The van der Waals surface area contributed by atoms with Gasteiger partial charge in [0.15, 0.2) is 0 Å². The molecule has 0 saturated heterocycles. The molecule has 0 aromatic carbocycles. The van der Waals surface area contributed by atoms with Gasteiger partial charge in [0.1, 0.15) is 6.42 Å². The van der Waals surface area contributed by atoms with Crippen molar-refractivity contribution in [1.29, 1.82) is 0 Å². The van der Waals surface area contributed by atoms with Crippen molar-refractivity contribution < 1.29 is 39.6 Å². The van der Waals surface area contributed by atoms with Gasteiger partial charge in [0.2, 0.25) is 0 Å². The zero-order chi connectivity index (χ0) is 20.7. The highest BCUT2D eigenvalue weighted by atomic mass is 16.4. The summed E-state index contributed by atoms with van der Waals surface area (Å²) in [5.74, 6) is -4.25. The first-order chi connectivity index (χ1) is 11.3. The van der Waals surface area contributed by atoms with Crippen LogP contribution in [0.25, 0.3) is 0 Å². The molecule has 0 unspecified atom stereocenters. The van der Waals surface area contributed by atoms with Crippen molar-refractivity contribution >= 4 is 23.9 Å². The fraction of sp³-hybridized carbons (Fsp3) is 0.529. The van der Waals surface area contributed by atoms with Crippen molar-refractivity contribution in [2.75, 3.05) is 0 Å². The zero-order valence-electron chi connectivity index (χ0n) is 15.5. The Bertz CT molecular complexity index is 493. The van der Waals surface area contributed by atoms with Gasteiger partial charge in [-0.15, -0.1) is 0 Å². The highest BCUT2D eigenvalue weighted by molar-refractivity contribution is 5.89. The average Bonchev–Trinajstić information content (AvgIpc) is 2.51. The number of allylic oxidation sites excluding steroid dienone is 2. The van der Waals surface area contributed by atoms with E-state index in [-0.39, 0.29) is 0 Å². The summed E-state index contributed by atoms with van der Waals surface area (Å²) in [7, 11) is 0. The standard InChI is InChI=1S/2C7H12O2.C3H4O4/c2*1-4-5(2)6(3)7(8)9;4-2(5)1-3(6)7/h2*4H2,1-3H3,(H,8,9);1H2,(H,4,5)(H,6,7). The van der Waals surface area contributed by atoms with Crippen LogP contribution < -0.4 is 0 Å². The van der Waals surface area contributed by atoms with Gasteiger partial charge in [0, 0.05) is 11.1 Å². The van der Waals surface area contributed by atoms with Gasteiger partial charge in [0.25, 0.3) is 0 Å². The Kier molecular flexibility index (Phi) is 16.2. The fourth-order valence-electron chi connectivity index (χ4n) is 1.02. The SMILES string of the molecule is CCC(C)=C(C)C(=O)O.CCC(C)=C(C)C(=O)O.O=C(O)CC(=O)O. The van der Waals surface area contributed by atoms with E-state index in [1.165, 1.54) is 0 Å². The summed E-state index contributed by atoms with van der Waals surface area (Å²) in [5.41, 5.74) is 2.83. The molecule has 0 saturated carbocycles. The predicted octanol–water partition coefficient (Wildman–Crippen LogP) is 3.18. The Morgan fingerprint density at radius 2 is 0.840 bits per heavy atom. The van der Waals surface area contributed by atoms with Crippen LogP contribution in [0.15, 0.2) is 22.3 Å². The van der Waals surface area contributed by atoms with Crippen molar-refractivity contribution in [1.82, 2.24) is 0 Å². The monoisotopic (exact) mass is 360 g/mol. The third-order valence-corrected chi connectivity index (χ3v) is 3.29. The zero-order valence-corrected chi connectivity index (χ0v) is 15.5. The number of carbonyl (C=O) groups is 4. The number of rotatable bonds is 6. The van der Waals surface area contributed by atoms with Crippen LogP contribution in [0.3, 0.4) is 0 Å². The number of carboxylic acids is 4. The number of aliphatic carboxylic acids is 4. The molecule has 0 spiro atoms. The van der Waals surface area contributed by atoms with E-state index >= 15 is 0 Å². The lowest BCUT2D eigenvalue weighted by Crippen LogP contribution is -2.03. The molecule has 0 rings (SSSR count). The third kappa shape index (κ3) is 17.5. The molecule has 8 nitrogen and oxygen atoms in total. The molecule has 8 heteroatoms. The molecule has 0 aromatic rings. The van der Waals surface area contributed by atoms with Crippen LogP contribution in [0, 0.1) is 0 Å². The van der Waals surface area contributed by atoms with E-state index in [0.29, 0.717) is 11.1 Å². The molecule has 0 aromatic heterocycles. The van der Waals surface area contributed by atoms with Crippen LogP contribution in [0.4, 0.5) is 0 Å². The molecule has 0 aliphatic rings. The lowest BCUT2D eigenvalue weighted by atomic mass is 10.1. The molecular formula is C17H28O8. The van der Waals surface area contributed by atoms with Gasteiger partial charge in [-0.05, 0) is 40.5 Å². The van der Waals surface area contributed by atoms with Gasteiger partial charge in [-0.2, -0.15) is 0 Å². The molecule has 0 atom stereocenters. The Morgan fingerprint density at radius 3 is 0.880 bits per heavy atom. The van der Waals surface area contributed by atoms with E-state index in [1.54, 1.807) is 13.8 Å². The summed E-state index contributed by atoms with van der Waals surface area (Å²) in [6, 6.07) is 0. The van der Waals surface area contributed by atoms with E-state index < -0.39 is 30.3 Å². The van der Waals surface area contributed by atoms with Crippen molar-refractivity contribution in [2.45, 2.75) is 60.8 Å². The average molecular weight is 360 g/mol. The van der Waals surface area contributed by atoms with Gasteiger partial charge in [-0.25, -0.2) is 9.59 Å². The highest BCUT2D eigenvalue weighted by Gasteiger charge is 2.02. The summed E-state index contributed by atoms with van der Waals surface area (Å²) in [4.78, 5) is 39.3. The number of hydrogen-bond acceptors (Lipinski definition) is 4. The smallest absolute Gasteiger partial charge is 0.331 e. The molecule has 25 heavy (non-hydrogen) atoms. The minimum absolute atomic E-state index is 0.470. The van der Waals surface area contributed by atoms with Crippen LogP contribution in [-0.2, 0) is 19.2 Å². The van der Waals surface area contributed by atoms with Crippen LogP contribution >= 0.6 is 0 Å². The summed E-state index contributed by atoms with van der Waals surface area (Å²) < 4.78 is 0. The van der Waals surface area contributed by atoms with E-state index in [4.69, 9.17) is 20.4 Å². The highest BCUT2D eigenvalue weighted by Crippen LogP contribution is 2.06. The van der Waals surface area contributed by atoms with E-state index in [1.807, 2.05) is 27.7 Å². The maximum atomic E-state index is 10.2. The second-order valence-corrected chi connectivity index (χ2v) is 5.09. The first-order valence-electron chi connectivity index (χ1n) is 7.54. The molecule has 0 aliphatic carbocycles. The molecule has 0 bridgehead atoms. The summed E-state index contributed by atoms with van der Waals surface area (Å²) in [6.45, 7) is 10.8. The van der Waals surface area contributed by atoms with E-state index in [2.05, 4.69) is 0 Å². The first-order valence-corrected chi connectivity index (χ1v) is 7.54. The lowest BCUT2D eigenvalue weighted by Gasteiger charge is -1.97. The minimum Gasteiger partial charge on any atom is -0.481 e. The molecule has 0 aliphatic heterocycles. The molecule has 0 amide bonds. The second kappa shape index (κ2) is 14.9. The van der Waals surface area contributed by atoms with Gasteiger partial charge in [0.05, 0.1) is 0 Å². The van der Waals surface area contributed by atoms with Gasteiger partial charge in [-0.1, -0.05) is 25.0 Å². The van der Waals surface area contributed by atoms with Crippen molar-refractivity contribution in [3.63, 3.8) is 0 Å².